The molecule has 8 heteroatoms. The van der Waals surface area contributed by atoms with E-state index >= 15 is 0 Å². The van der Waals surface area contributed by atoms with Gasteiger partial charge in [-0.1, -0.05) is 11.2 Å². The molecule has 1 fully saturated rings. The van der Waals surface area contributed by atoms with E-state index in [0.717, 1.165) is 18.5 Å². The van der Waals surface area contributed by atoms with Crippen molar-refractivity contribution in [1.82, 2.24) is 10.1 Å². The highest BCUT2D eigenvalue weighted by molar-refractivity contribution is 14.0. The highest BCUT2D eigenvalue weighted by Gasteiger charge is 2.30. The van der Waals surface area contributed by atoms with Gasteiger partial charge in [0.2, 0.25) is 0 Å². The van der Waals surface area contributed by atoms with E-state index in [-0.39, 0.29) is 36.2 Å². The first-order valence-corrected chi connectivity index (χ1v) is 8.10. The molecule has 0 aliphatic carbocycles. The van der Waals surface area contributed by atoms with Crippen LogP contribution in [-0.2, 0) is 4.74 Å². The number of nitrogens with zero attached hydrogens (tertiary/aromatic N) is 3. The van der Waals surface area contributed by atoms with Gasteiger partial charge in [0.1, 0.15) is 6.10 Å². The average Bonchev–Trinajstić information content (AvgIpc) is 3.12. The van der Waals surface area contributed by atoms with E-state index in [4.69, 9.17) is 15.0 Å². The number of guanidine groups is 1. The van der Waals surface area contributed by atoms with Crippen LogP contribution in [0.1, 0.15) is 41.8 Å². The van der Waals surface area contributed by atoms with Gasteiger partial charge >= 0.3 is 0 Å². The molecule has 3 N–H and O–H groups in total. The van der Waals surface area contributed by atoms with Crippen LogP contribution in [-0.4, -0.2) is 28.7 Å². The van der Waals surface area contributed by atoms with Crippen molar-refractivity contribution in [3.63, 3.8) is 0 Å². The Bertz CT molecular complexity index is 726. The Morgan fingerprint density at radius 2 is 1.96 bits per heavy atom. The number of hydrogen-bond donors (Lipinski definition) is 2. The second-order valence-corrected chi connectivity index (χ2v) is 6.23. The summed E-state index contributed by atoms with van der Waals surface area (Å²) < 4.78 is 11.1. The molecule has 1 aliphatic heterocycles. The maximum absolute atomic E-state index is 5.98. The molecule has 0 unspecified atom stereocenters. The molecule has 1 saturated heterocycles. The number of aryl methyl sites for hydroxylation is 3. The van der Waals surface area contributed by atoms with Gasteiger partial charge in [0.25, 0.3) is 5.89 Å². The van der Waals surface area contributed by atoms with E-state index in [1.165, 1.54) is 11.1 Å². The van der Waals surface area contributed by atoms with Gasteiger partial charge in [-0.25, -0.2) is 0 Å². The van der Waals surface area contributed by atoms with Crippen molar-refractivity contribution in [3.8, 4) is 0 Å². The van der Waals surface area contributed by atoms with Crippen molar-refractivity contribution < 1.29 is 9.26 Å². The summed E-state index contributed by atoms with van der Waals surface area (Å²) in [5.41, 5.74) is 9.29. The minimum Gasteiger partial charge on any atom is -0.370 e. The predicted octanol–water partition coefficient (Wildman–Crippen LogP) is 3.26. The molecular formula is C17H24IN5O2. The Labute approximate surface area is 164 Å². The van der Waals surface area contributed by atoms with Crippen molar-refractivity contribution in [2.75, 3.05) is 11.9 Å². The SMILES string of the molecule is Cc1cc(C)cc(NC(N)=NC[C@H]2CC[C@@H](c3nc(C)no3)O2)c1.I. The van der Waals surface area contributed by atoms with Crippen molar-refractivity contribution in [2.45, 2.75) is 45.8 Å². The number of aliphatic imine (C=N–C) groups is 1. The summed E-state index contributed by atoms with van der Waals surface area (Å²) in [5, 5.41) is 6.92. The highest BCUT2D eigenvalue weighted by Crippen LogP contribution is 2.31. The monoisotopic (exact) mass is 457 g/mol. The largest absolute Gasteiger partial charge is 0.370 e. The Kier molecular flexibility index (Phi) is 6.77. The number of ether oxygens (including phenoxy) is 1. The van der Waals surface area contributed by atoms with Crippen molar-refractivity contribution >= 4 is 35.6 Å². The van der Waals surface area contributed by atoms with Gasteiger partial charge in [-0.2, -0.15) is 4.98 Å². The molecule has 7 nitrogen and oxygen atoms in total. The highest BCUT2D eigenvalue weighted by atomic mass is 127. The van der Waals surface area contributed by atoms with Gasteiger partial charge in [-0.3, -0.25) is 4.99 Å². The average molecular weight is 457 g/mol. The smallest absolute Gasteiger partial charge is 0.255 e. The molecule has 2 atom stereocenters. The van der Waals surface area contributed by atoms with Crippen LogP contribution in [0, 0.1) is 20.8 Å². The zero-order valence-electron chi connectivity index (χ0n) is 14.7. The molecule has 0 amide bonds. The minimum absolute atomic E-state index is 0. The molecule has 25 heavy (non-hydrogen) atoms. The fourth-order valence-corrected chi connectivity index (χ4v) is 2.90. The van der Waals surface area contributed by atoms with Crippen LogP contribution in [0.25, 0.3) is 0 Å². The number of nitrogens with one attached hydrogen (secondary N) is 1. The molecule has 3 rings (SSSR count). The van der Waals surface area contributed by atoms with E-state index in [2.05, 4.69) is 40.4 Å². The van der Waals surface area contributed by atoms with E-state index < -0.39 is 0 Å². The van der Waals surface area contributed by atoms with Gasteiger partial charge < -0.3 is 20.3 Å². The first-order valence-electron chi connectivity index (χ1n) is 8.10. The Hall–Kier alpha value is -1.68. The number of anilines is 1. The Morgan fingerprint density at radius 3 is 2.60 bits per heavy atom. The second-order valence-electron chi connectivity index (χ2n) is 6.23. The summed E-state index contributed by atoms with van der Waals surface area (Å²) in [6, 6.07) is 6.19. The topological polar surface area (TPSA) is 98.6 Å². The first-order chi connectivity index (χ1) is 11.5. The zero-order valence-corrected chi connectivity index (χ0v) is 17.0. The molecule has 2 heterocycles. The van der Waals surface area contributed by atoms with Crippen LogP contribution in [0.3, 0.4) is 0 Å². The lowest BCUT2D eigenvalue weighted by Crippen LogP contribution is -2.24. The molecule has 0 radical (unpaired) electrons. The van der Waals surface area contributed by atoms with E-state index in [1.807, 2.05) is 12.1 Å². The Morgan fingerprint density at radius 1 is 1.24 bits per heavy atom. The first kappa shape index (κ1) is 19.6. The van der Waals surface area contributed by atoms with Crippen LogP contribution < -0.4 is 11.1 Å². The molecule has 0 saturated carbocycles. The van der Waals surface area contributed by atoms with Gasteiger partial charge in [0.05, 0.1) is 12.6 Å². The maximum atomic E-state index is 5.98. The van der Waals surface area contributed by atoms with Gasteiger partial charge in [-0.05, 0) is 56.9 Å². The van der Waals surface area contributed by atoms with E-state index in [0.29, 0.717) is 24.2 Å². The molecule has 2 aromatic rings. The summed E-state index contributed by atoms with van der Waals surface area (Å²) in [5.74, 6) is 1.55. The number of aromatic nitrogens is 2. The van der Waals surface area contributed by atoms with Crippen LogP contribution in [0.15, 0.2) is 27.7 Å². The summed E-state index contributed by atoms with van der Waals surface area (Å²) in [6.45, 7) is 6.41. The Balaban J connectivity index is 0.00000225. The minimum atomic E-state index is -0.139. The van der Waals surface area contributed by atoms with Crippen molar-refractivity contribution in [1.29, 1.82) is 0 Å². The molecule has 0 spiro atoms. The molecule has 1 aliphatic rings. The zero-order chi connectivity index (χ0) is 17.1. The summed E-state index contributed by atoms with van der Waals surface area (Å²) in [7, 11) is 0. The lowest BCUT2D eigenvalue weighted by Gasteiger charge is -2.11. The molecule has 1 aromatic heterocycles. The number of nitrogens with two attached hydrogens (primary N) is 1. The third-order valence-corrected chi connectivity index (χ3v) is 3.89. The lowest BCUT2D eigenvalue weighted by molar-refractivity contribution is 0.0309. The number of rotatable bonds is 4. The lowest BCUT2D eigenvalue weighted by atomic mass is 10.1. The van der Waals surface area contributed by atoms with Crippen LogP contribution in [0.2, 0.25) is 0 Å². The standard InChI is InChI=1S/C17H23N5O2.HI/c1-10-6-11(2)8-13(7-10)21-17(18)19-9-14-4-5-15(23-14)16-20-12(3)22-24-16;/h6-8,14-15H,4-5,9H2,1-3H3,(H3,18,19,21);1H/t14-,15+;/m1./s1. The second kappa shape index (κ2) is 8.61. The number of benzene rings is 1. The number of halogens is 1. The fourth-order valence-electron chi connectivity index (χ4n) is 2.90. The van der Waals surface area contributed by atoms with Crippen LogP contribution in [0.5, 0.6) is 0 Å². The quantitative estimate of drug-likeness (QED) is 0.416. The van der Waals surface area contributed by atoms with Gasteiger partial charge in [0, 0.05) is 5.69 Å². The maximum Gasteiger partial charge on any atom is 0.255 e. The third kappa shape index (κ3) is 5.40. The normalized spacial score (nSPS) is 20.4. The van der Waals surface area contributed by atoms with Crippen LogP contribution >= 0.6 is 24.0 Å². The molecule has 136 valence electrons. The van der Waals surface area contributed by atoms with E-state index in [1.54, 1.807) is 6.92 Å². The molecular weight excluding hydrogens is 433 g/mol. The van der Waals surface area contributed by atoms with E-state index in [9.17, 15) is 0 Å². The van der Waals surface area contributed by atoms with Crippen molar-refractivity contribution in [2.24, 2.45) is 10.7 Å². The predicted molar refractivity (Wildman–Crippen MR) is 107 cm³/mol. The number of hydrogen-bond acceptors (Lipinski definition) is 5. The van der Waals surface area contributed by atoms with Gasteiger partial charge in [0.15, 0.2) is 11.8 Å². The third-order valence-electron chi connectivity index (χ3n) is 3.89. The molecule has 0 bridgehead atoms. The fraction of sp³-hybridized carbons (Fsp3) is 0.471. The van der Waals surface area contributed by atoms with Crippen molar-refractivity contribution in [3.05, 3.63) is 41.0 Å². The summed E-state index contributed by atoms with van der Waals surface area (Å²) >= 11 is 0. The van der Waals surface area contributed by atoms with Gasteiger partial charge in [-0.15, -0.1) is 24.0 Å². The summed E-state index contributed by atoms with van der Waals surface area (Å²) in [6.07, 6.45) is 1.63. The summed E-state index contributed by atoms with van der Waals surface area (Å²) in [4.78, 5) is 8.60. The molecule has 1 aromatic carbocycles. The van der Waals surface area contributed by atoms with Crippen LogP contribution in [0.4, 0.5) is 5.69 Å².